The molecule has 1 aromatic heterocycles. The second-order valence-electron chi connectivity index (χ2n) is 7.13. The highest BCUT2D eigenvalue weighted by Crippen LogP contribution is 2.27. The number of ether oxygens (including phenoxy) is 1. The Morgan fingerprint density at radius 2 is 1.73 bits per heavy atom. The smallest absolute Gasteiger partial charge is 0.223 e. The van der Waals surface area contributed by atoms with Gasteiger partial charge in [-0.15, -0.1) is 24.8 Å². The van der Waals surface area contributed by atoms with Gasteiger partial charge in [0.25, 0.3) is 0 Å². The maximum Gasteiger partial charge on any atom is 0.223 e. The van der Waals surface area contributed by atoms with Gasteiger partial charge in [-0.05, 0) is 50.4 Å². The second-order valence-corrected chi connectivity index (χ2v) is 7.13. The van der Waals surface area contributed by atoms with E-state index in [1.54, 1.807) is 26.6 Å². The largest absolute Gasteiger partial charge is 0.496 e. The van der Waals surface area contributed by atoms with Gasteiger partial charge in [0, 0.05) is 49.1 Å². The molecule has 1 saturated carbocycles. The molecule has 2 aromatic rings. The molecule has 0 saturated heterocycles. The van der Waals surface area contributed by atoms with Gasteiger partial charge in [-0.1, -0.05) is 6.07 Å². The van der Waals surface area contributed by atoms with Crippen LogP contribution in [0.3, 0.4) is 0 Å². The number of carbonyl (C=O) groups excluding carboxylic acids is 1. The van der Waals surface area contributed by atoms with E-state index in [9.17, 15) is 4.79 Å². The molecule has 0 bridgehead atoms. The molecule has 0 spiro atoms. The predicted octanol–water partition coefficient (Wildman–Crippen LogP) is 3.43. The third-order valence-electron chi connectivity index (χ3n) is 5.45. The van der Waals surface area contributed by atoms with Crippen LogP contribution in [0.15, 0.2) is 30.6 Å². The number of hydrogen-bond donors (Lipinski definition) is 3. The van der Waals surface area contributed by atoms with E-state index < -0.39 is 0 Å². The van der Waals surface area contributed by atoms with Gasteiger partial charge in [0.15, 0.2) is 0 Å². The third-order valence-corrected chi connectivity index (χ3v) is 5.45. The van der Waals surface area contributed by atoms with Gasteiger partial charge in [-0.2, -0.15) is 0 Å². The molecule has 1 aliphatic rings. The van der Waals surface area contributed by atoms with Gasteiger partial charge in [0.05, 0.1) is 7.11 Å². The molecule has 0 atom stereocenters. The third kappa shape index (κ3) is 6.45. The fourth-order valence-corrected chi connectivity index (χ4v) is 3.67. The molecule has 3 rings (SSSR count). The lowest BCUT2D eigenvalue weighted by Crippen LogP contribution is -2.37. The number of anilines is 1. The summed E-state index contributed by atoms with van der Waals surface area (Å²) in [7, 11) is 5.42. The van der Waals surface area contributed by atoms with E-state index in [0.717, 1.165) is 48.1 Å². The summed E-state index contributed by atoms with van der Waals surface area (Å²) in [5.41, 5.74) is 2.84. The predicted molar refractivity (Wildman–Crippen MR) is 125 cm³/mol. The highest BCUT2D eigenvalue weighted by atomic mass is 35.5. The summed E-state index contributed by atoms with van der Waals surface area (Å²) in [6.45, 7) is 0.442. The number of hydrogen-bond acceptors (Lipinski definition) is 6. The molecule has 0 aliphatic heterocycles. The molecule has 1 heterocycles. The summed E-state index contributed by atoms with van der Waals surface area (Å²) in [6, 6.07) is 6.45. The summed E-state index contributed by atoms with van der Waals surface area (Å²) >= 11 is 0. The molecular formula is C21H31Cl2N5O2. The minimum Gasteiger partial charge on any atom is -0.496 e. The maximum atomic E-state index is 12.6. The number of aromatic nitrogens is 2. The molecule has 1 amide bonds. The number of amides is 1. The fourth-order valence-electron chi connectivity index (χ4n) is 3.67. The minimum atomic E-state index is 0. The molecule has 0 radical (unpaired) electrons. The van der Waals surface area contributed by atoms with E-state index in [1.807, 2.05) is 25.2 Å². The van der Waals surface area contributed by atoms with Gasteiger partial charge >= 0.3 is 0 Å². The lowest BCUT2D eigenvalue weighted by molar-refractivity contribution is -0.126. The number of carbonyl (C=O) groups is 1. The van der Waals surface area contributed by atoms with Crippen LogP contribution in [0.2, 0.25) is 0 Å². The first-order valence-electron chi connectivity index (χ1n) is 9.76. The van der Waals surface area contributed by atoms with Crippen molar-refractivity contribution >= 4 is 36.7 Å². The van der Waals surface area contributed by atoms with Crippen LogP contribution in [0.1, 0.15) is 31.2 Å². The average Bonchev–Trinajstić information content (AvgIpc) is 2.77. The van der Waals surface area contributed by atoms with Crippen molar-refractivity contribution < 1.29 is 9.53 Å². The lowest BCUT2D eigenvalue weighted by Gasteiger charge is -2.27. The van der Waals surface area contributed by atoms with Crippen LogP contribution in [0.4, 0.5) is 5.95 Å². The number of benzene rings is 1. The Morgan fingerprint density at radius 1 is 1.07 bits per heavy atom. The highest BCUT2D eigenvalue weighted by Gasteiger charge is 2.25. The Bertz CT molecular complexity index is 796. The van der Waals surface area contributed by atoms with Crippen LogP contribution in [0.5, 0.6) is 5.75 Å². The lowest BCUT2D eigenvalue weighted by atomic mass is 9.85. The van der Waals surface area contributed by atoms with Gasteiger partial charge in [-0.3, -0.25) is 4.79 Å². The molecule has 3 N–H and O–H groups in total. The van der Waals surface area contributed by atoms with Crippen LogP contribution < -0.4 is 20.7 Å². The standard InChI is InChI=1S/C21H29N5O2.2ClH/c1-22-18-7-4-14(5-8-18)20(27)24-11-16-10-15(6-9-19(16)28-3)17-12-25-21(23-2)26-13-17;;/h6,9-10,12-14,18,22H,4-5,7-8,11H2,1-3H3,(H,24,27)(H,23,25,26);2*1H. The Morgan fingerprint density at radius 3 is 2.30 bits per heavy atom. The molecule has 7 nitrogen and oxygen atoms in total. The van der Waals surface area contributed by atoms with Crippen molar-refractivity contribution in [3.05, 3.63) is 36.2 Å². The van der Waals surface area contributed by atoms with Crippen LogP contribution >= 0.6 is 24.8 Å². The van der Waals surface area contributed by atoms with Crippen LogP contribution in [-0.2, 0) is 11.3 Å². The van der Waals surface area contributed by atoms with E-state index in [4.69, 9.17) is 4.74 Å². The quantitative estimate of drug-likeness (QED) is 0.592. The summed E-state index contributed by atoms with van der Waals surface area (Å²) in [5, 5.41) is 9.31. The number of halogens is 2. The molecule has 166 valence electrons. The van der Waals surface area contributed by atoms with Crippen molar-refractivity contribution in [2.75, 3.05) is 26.5 Å². The zero-order chi connectivity index (χ0) is 19.9. The summed E-state index contributed by atoms with van der Waals surface area (Å²) < 4.78 is 5.48. The van der Waals surface area contributed by atoms with Crippen molar-refractivity contribution in [3.8, 4) is 16.9 Å². The second kappa shape index (κ2) is 12.6. The number of methoxy groups -OCH3 is 1. The van der Waals surface area contributed by atoms with Crippen molar-refractivity contribution in [3.63, 3.8) is 0 Å². The van der Waals surface area contributed by atoms with Crippen molar-refractivity contribution in [2.24, 2.45) is 5.92 Å². The van der Waals surface area contributed by atoms with Gasteiger partial charge in [0.2, 0.25) is 11.9 Å². The van der Waals surface area contributed by atoms with Crippen LogP contribution in [0, 0.1) is 5.92 Å². The van der Waals surface area contributed by atoms with Crippen molar-refractivity contribution in [1.29, 1.82) is 0 Å². The number of nitrogens with one attached hydrogen (secondary N) is 3. The molecule has 30 heavy (non-hydrogen) atoms. The zero-order valence-corrected chi connectivity index (χ0v) is 19.2. The molecule has 9 heteroatoms. The van der Waals surface area contributed by atoms with Gasteiger partial charge in [0.1, 0.15) is 5.75 Å². The van der Waals surface area contributed by atoms with E-state index in [2.05, 4.69) is 25.9 Å². The summed E-state index contributed by atoms with van der Waals surface area (Å²) in [4.78, 5) is 21.1. The number of rotatable bonds is 7. The van der Waals surface area contributed by atoms with Crippen LogP contribution in [-0.4, -0.2) is 43.1 Å². The van der Waals surface area contributed by atoms with Crippen LogP contribution in [0.25, 0.3) is 11.1 Å². The van der Waals surface area contributed by atoms with Crippen molar-refractivity contribution in [2.45, 2.75) is 38.3 Å². The first-order chi connectivity index (χ1) is 13.6. The van der Waals surface area contributed by atoms with E-state index in [0.29, 0.717) is 18.5 Å². The Balaban J connectivity index is 0.00000225. The zero-order valence-electron chi connectivity index (χ0n) is 17.6. The molecule has 0 unspecified atom stereocenters. The highest BCUT2D eigenvalue weighted by molar-refractivity contribution is 5.85. The first kappa shape index (κ1) is 25.9. The summed E-state index contributed by atoms with van der Waals surface area (Å²) in [5.74, 6) is 1.57. The Hall–Kier alpha value is -2.09. The maximum absolute atomic E-state index is 12.6. The number of nitrogens with zero attached hydrogens (tertiary/aromatic N) is 2. The summed E-state index contributed by atoms with van der Waals surface area (Å²) in [6.07, 6.45) is 7.53. The first-order valence-corrected chi connectivity index (χ1v) is 9.76. The van der Waals surface area contributed by atoms with E-state index >= 15 is 0 Å². The fraction of sp³-hybridized carbons (Fsp3) is 0.476. The van der Waals surface area contributed by atoms with E-state index in [1.165, 1.54) is 0 Å². The van der Waals surface area contributed by atoms with Gasteiger partial charge in [-0.25, -0.2) is 9.97 Å². The van der Waals surface area contributed by atoms with Crippen molar-refractivity contribution in [1.82, 2.24) is 20.6 Å². The SMILES string of the molecule is CNc1ncc(-c2ccc(OC)c(CNC(=O)C3CCC(NC)CC3)c2)cn1.Cl.Cl. The Kier molecular flexibility index (Phi) is 10.9. The van der Waals surface area contributed by atoms with Gasteiger partial charge < -0.3 is 20.7 Å². The Labute approximate surface area is 190 Å². The average molecular weight is 456 g/mol. The monoisotopic (exact) mass is 455 g/mol. The molecule has 1 fully saturated rings. The molecule has 1 aliphatic carbocycles. The minimum absolute atomic E-state index is 0. The van der Waals surface area contributed by atoms with E-state index in [-0.39, 0.29) is 36.6 Å². The normalized spacial score (nSPS) is 17.8. The molecule has 1 aromatic carbocycles. The topological polar surface area (TPSA) is 88.2 Å². The molecular weight excluding hydrogens is 425 g/mol.